The molecule has 138 valence electrons. The van der Waals surface area contributed by atoms with Crippen molar-refractivity contribution < 1.29 is 14.3 Å². The van der Waals surface area contributed by atoms with Gasteiger partial charge in [0, 0.05) is 17.8 Å². The van der Waals surface area contributed by atoms with E-state index in [-0.39, 0.29) is 18.4 Å². The Labute approximate surface area is 153 Å². The van der Waals surface area contributed by atoms with Gasteiger partial charge in [0.15, 0.2) is 0 Å². The van der Waals surface area contributed by atoms with Crippen LogP contribution in [0.5, 0.6) is 5.75 Å². The van der Waals surface area contributed by atoms with Crippen molar-refractivity contribution in [1.29, 1.82) is 0 Å². The highest BCUT2D eigenvalue weighted by Gasteiger charge is 2.07. The fraction of sp³-hybridized carbons (Fsp3) is 0.300. The zero-order valence-electron chi connectivity index (χ0n) is 15.2. The zero-order chi connectivity index (χ0) is 18.8. The smallest absolute Gasteiger partial charge is 0.251 e. The lowest BCUT2D eigenvalue weighted by Gasteiger charge is -2.11. The number of ether oxygens (including phenoxy) is 1. The number of amides is 2. The lowest BCUT2D eigenvalue weighted by molar-refractivity contribution is -0.114. The van der Waals surface area contributed by atoms with E-state index in [9.17, 15) is 9.59 Å². The molecule has 2 aromatic carbocycles. The van der Waals surface area contributed by atoms with Crippen LogP contribution in [0.1, 0.15) is 30.1 Å². The average Bonchev–Trinajstić information content (AvgIpc) is 2.67. The van der Waals surface area contributed by atoms with Crippen LogP contribution in [0.4, 0.5) is 11.4 Å². The van der Waals surface area contributed by atoms with Gasteiger partial charge in [-0.15, -0.1) is 0 Å². The third kappa shape index (κ3) is 5.81. The largest absolute Gasteiger partial charge is 0.495 e. The molecule has 2 aromatic rings. The van der Waals surface area contributed by atoms with Crippen LogP contribution in [-0.2, 0) is 4.79 Å². The number of benzene rings is 2. The molecule has 26 heavy (non-hydrogen) atoms. The summed E-state index contributed by atoms with van der Waals surface area (Å²) in [6.45, 7) is 2.86. The Morgan fingerprint density at radius 3 is 2.46 bits per heavy atom. The van der Waals surface area contributed by atoms with Crippen molar-refractivity contribution in [1.82, 2.24) is 5.32 Å². The van der Waals surface area contributed by atoms with Crippen LogP contribution in [-0.4, -0.2) is 32.0 Å². The van der Waals surface area contributed by atoms with Gasteiger partial charge >= 0.3 is 0 Å². The van der Waals surface area contributed by atoms with Crippen LogP contribution >= 0.6 is 0 Å². The number of unbranched alkanes of at least 4 members (excludes halogenated alkanes) is 1. The molecular weight excluding hydrogens is 330 g/mol. The molecule has 6 nitrogen and oxygen atoms in total. The Kier molecular flexibility index (Phi) is 7.49. The molecule has 0 aliphatic rings. The van der Waals surface area contributed by atoms with E-state index in [4.69, 9.17) is 4.74 Å². The molecule has 0 aromatic heterocycles. The molecule has 0 atom stereocenters. The summed E-state index contributed by atoms with van der Waals surface area (Å²) in [5.41, 5.74) is 1.97. The van der Waals surface area contributed by atoms with Crippen molar-refractivity contribution in [3.05, 3.63) is 54.1 Å². The fourth-order valence-electron chi connectivity index (χ4n) is 2.36. The highest BCUT2D eigenvalue weighted by Crippen LogP contribution is 2.22. The van der Waals surface area contributed by atoms with Gasteiger partial charge in [0.1, 0.15) is 5.75 Å². The van der Waals surface area contributed by atoms with Crippen LogP contribution in [0.25, 0.3) is 0 Å². The molecular formula is C20H25N3O3. The van der Waals surface area contributed by atoms with Gasteiger partial charge in [0.2, 0.25) is 5.91 Å². The Hall–Kier alpha value is -3.02. The maximum atomic E-state index is 12.1. The molecule has 0 heterocycles. The number of anilines is 2. The van der Waals surface area contributed by atoms with Crippen LogP contribution in [0.15, 0.2) is 48.5 Å². The van der Waals surface area contributed by atoms with Gasteiger partial charge < -0.3 is 20.7 Å². The second-order valence-corrected chi connectivity index (χ2v) is 5.79. The molecule has 0 aliphatic heterocycles. The number of carbonyl (C=O) groups excluding carboxylic acids is 2. The molecule has 0 spiro atoms. The van der Waals surface area contributed by atoms with Gasteiger partial charge in [-0.25, -0.2) is 0 Å². The van der Waals surface area contributed by atoms with E-state index >= 15 is 0 Å². The minimum Gasteiger partial charge on any atom is -0.495 e. The first-order valence-corrected chi connectivity index (χ1v) is 8.69. The van der Waals surface area contributed by atoms with E-state index in [1.165, 1.54) is 0 Å². The van der Waals surface area contributed by atoms with E-state index in [1.54, 1.807) is 31.4 Å². The summed E-state index contributed by atoms with van der Waals surface area (Å²) in [6.07, 6.45) is 1.99. The number of carbonyl (C=O) groups is 2. The first kappa shape index (κ1) is 19.3. The van der Waals surface area contributed by atoms with Gasteiger partial charge in [-0.3, -0.25) is 9.59 Å². The molecule has 0 radical (unpaired) electrons. The summed E-state index contributed by atoms with van der Waals surface area (Å²) in [7, 11) is 1.58. The average molecular weight is 355 g/mol. The lowest BCUT2D eigenvalue weighted by Crippen LogP contribution is -2.24. The predicted octanol–water partition coefficient (Wildman–Crippen LogP) is 3.28. The number of methoxy groups -OCH3 is 1. The molecule has 0 bridgehead atoms. The molecule has 3 N–H and O–H groups in total. The molecule has 0 aliphatic carbocycles. The predicted molar refractivity (Wildman–Crippen MR) is 104 cm³/mol. The quantitative estimate of drug-likeness (QED) is 0.603. The molecule has 2 rings (SSSR count). The number of rotatable bonds is 9. The van der Waals surface area contributed by atoms with Crippen molar-refractivity contribution >= 4 is 23.2 Å². The number of nitrogens with one attached hydrogen (secondary N) is 3. The third-order valence-electron chi connectivity index (χ3n) is 3.79. The molecule has 6 heteroatoms. The van der Waals surface area contributed by atoms with E-state index in [0.29, 0.717) is 23.5 Å². The van der Waals surface area contributed by atoms with Gasteiger partial charge in [-0.1, -0.05) is 25.5 Å². The van der Waals surface area contributed by atoms with E-state index in [0.717, 1.165) is 18.5 Å². The van der Waals surface area contributed by atoms with Crippen molar-refractivity contribution in [2.45, 2.75) is 19.8 Å². The summed E-state index contributed by atoms with van der Waals surface area (Å²) in [5, 5.41) is 8.70. The topological polar surface area (TPSA) is 79.5 Å². The van der Waals surface area contributed by atoms with Gasteiger partial charge in [0.05, 0.1) is 19.3 Å². The van der Waals surface area contributed by atoms with Crippen LogP contribution < -0.4 is 20.7 Å². The van der Waals surface area contributed by atoms with E-state index in [2.05, 4.69) is 22.9 Å². The number of para-hydroxylation sites is 2. The summed E-state index contributed by atoms with van der Waals surface area (Å²) >= 11 is 0. The highest BCUT2D eigenvalue weighted by molar-refractivity contribution is 5.96. The second-order valence-electron chi connectivity index (χ2n) is 5.79. The van der Waals surface area contributed by atoms with Crippen molar-refractivity contribution in [3.8, 4) is 5.75 Å². The first-order chi connectivity index (χ1) is 12.6. The fourth-order valence-corrected chi connectivity index (χ4v) is 2.36. The summed E-state index contributed by atoms with van der Waals surface area (Å²) in [5.74, 6) is 0.393. The van der Waals surface area contributed by atoms with E-state index < -0.39 is 0 Å². The minimum atomic E-state index is -0.184. The first-order valence-electron chi connectivity index (χ1n) is 8.69. The zero-order valence-corrected chi connectivity index (χ0v) is 15.2. The van der Waals surface area contributed by atoms with Gasteiger partial charge in [0.25, 0.3) is 5.91 Å². The maximum Gasteiger partial charge on any atom is 0.251 e. The highest BCUT2D eigenvalue weighted by atomic mass is 16.5. The Morgan fingerprint density at radius 2 is 1.77 bits per heavy atom. The number of hydrogen-bond donors (Lipinski definition) is 3. The Bertz CT molecular complexity index is 729. The standard InChI is InChI=1S/C20H25N3O3/c1-3-4-13-21-20(25)15-9-11-16(12-10-15)23-19(24)14-22-17-7-5-6-8-18(17)26-2/h5-12,22H,3-4,13-14H2,1-2H3,(H,21,25)(H,23,24). The molecule has 0 saturated carbocycles. The van der Waals surface area contributed by atoms with Crippen LogP contribution in [0, 0.1) is 0 Å². The maximum absolute atomic E-state index is 12.1. The number of hydrogen-bond acceptors (Lipinski definition) is 4. The van der Waals surface area contributed by atoms with Gasteiger partial charge in [-0.2, -0.15) is 0 Å². The molecule has 0 fully saturated rings. The summed E-state index contributed by atoms with van der Waals surface area (Å²) in [4.78, 5) is 24.0. The van der Waals surface area contributed by atoms with Crippen LogP contribution in [0.3, 0.4) is 0 Å². The van der Waals surface area contributed by atoms with Crippen molar-refractivity contribution in [2.24, 2.45) is 0 Å². The summed E-state index contributed by atoms with van der Waals surface area (Å²) < 4.78 is 5.23. The second kappa shape index (κ2) is 10.1. The Balaban J connectivity index is 1.84. The van der Waals surface area contributed by atoms with Crippen molar-refractivity contribution in [2.75, 3.05) is 30.8 Å². The van der Waals surface area contributed by atoms with Crippen molar-refractivity contribution in [3.63, 3.8) is 0 Å². The monoisotopic (exact) mass is 355 g/mol. The van der Waals surface area contributed by atoms with E-state index in [1.807, 2.05) is 24.3 Å². The normalized spacial score (nSPS) is 10.1. The minimum absolute atomic E-state index is 0.103. The SMILES string of the molecule is CCCCNC(=O)c1ccc(NC(=O)CNc2ccccc2OC)cc1. The lowest BCUT2D eigenvalue weighted by atomic mass is 10.2. The Morgan fingerprint density at radius 1 is 1.04 bits per heavy atom. The third-order valence-corrected chi connectivity index (χ3v) is 3.79. The molecule has 2 amide bonds. The van der Waals surface area contributed by atoms with Crippen LogP contribution in [0.2, 0.25) is 0 Å². The van der Waals surface area contributed by atoms with Gasteiger partial charge in [-0.05, 0) is 42.8 Å². The molecule has 0 unspecified atom stereocenters. The summed E-state index contributed by atoms with van der Waals surface area (Å²) in [6, 6.07) is 14.2. The molecule has 0 saturated heterocycles.